The van der Waals surface area contributed by atoms with Crippen molar-refractivity contribution in [3.05, 3.63) is 0 Å². The molecular formula is C10H21NO3. The summed E-state index contributed by atoms with van der Waals surface area (Å²) in [7, 11) is 0. The highest BCUT2D eigenvalue weighted by molar-refractivity contribution is 5.74. The van der Waals surface area contributed by atoms with E-state index in [4.69, 9.17) is 9.57 Å². The fourth-order valence-corrected chi connectivity index (χ4v) is 0.751. The highest BCUT2D eigenvalue weighted by Crippen LogP contribution is 1.91. The molecule has 0 heterocycles. The normalized spacial score (nSPS) is 10.6. The number of hydrogen-bond donors (Lipinski definition) is 1. The Labute approximate surface area is 85.9 Å². The highest BCUT2D eigenvalue weighted by Gasteiger charge is 2.01. The van der Waals surface area contributed by atoms with E-state index in [1.165, 1.54) is 0 Å². The number of hydroxylamine groups is 1. The Morgan fingerprint density at radius 2 is 2.07 bits per heavy atom. The molecule has 0 bridgehead atoms. The molecular weight excluding hydrogens is 182 g/mol. The monoisotopic (exact) mass is 203 g/mol. The zero-order valence-electron chi connectivity index (χ0n) is 9.34. The van der Waals surface area contributed by atoms with E-state index in [0.717, 1.165) is 6.42 Å². The van der Waals surface area contributed by atoms with Crippen LogP contribution in [0.1, 0.15) is 33.6 Å². The molecule has 0 radical (unpaired) electrons. The van der Waals surface area contributed by atoms with Gasteiger partial charge in [0.15, 0.2) is 0 Å². The zero-order valence-corrected chi connectivity index (χ0v) is 9.34. The van der Waals surface area contributed by atoms with Crippen molar-refractivity contribution in [1.82, 2.24) is 5.48 Å². The summed E-state index contributed by atoms with van der Waals surface area (Å²) >= 11 is 0. The number of carbonyl (C=O) groups is 1. The van der Waals surface area contributed by atoms with Crippen LogP contribution in [0.4, 0.5) is 0 Å². The third-order valence-electron chi connectivity index (χ3n) is 1.42. The lowest BCUT2D eigenvalue weighted by Crippen LogP contribution is -2.26. The van der Waals surface area contributed by atoms with Gasteiger partial charge in [0.05, 0.1) is 19.6 Å². The van der Waals surface area contributed by atoms with Crippen LogP contribution < -0.4 is 5.48 Å². The lowest BCUT2D eigenvalue weighted by molar-refractivity contribution is -0.135. The molecule has 84 valence electrons. The van der Waals surface area contributed by atoms with E-state index in [-0.39, 0.29) is 5.91 Å². The van der Waals surface area contributed by atoms with Crippen molar-refractivity contribution in [3.63, 3.8) is 0 Å². The molecule has 0 aliphatic carbocycles. The van der Waals surface area contributed by atoms with Crippen LogP contribution >= 0.6 is 0 Å². The predicted molar refractivity (Wildman–Crippen MR) is 54.7 cm³/mol. The van der Waals surface area contributed by atoms with Crippen molar-refractivity contribution in [2.45, 2.75) is 33.6 Å². The van der Waals surface area contributed by atoms with Crippen LogP contribution in [-0.4, -0.2) is 25.7 Å². The molecule has 0 rings (SSSR count). The van der Waals surface area contributed by atoms with E-state index in [2.05, 4.69) is 5.48 Å². The first-order chi connectivity index (χ1) is 6.66. The molecule has 1 N–H and O–H groups in total. The number of ether oxygens (including phenoxy) is 1. The van der Waals surface area contributed by atoms with Gasteiger partial charge in [-0.15, -0.1) is 0 Å². The quantitative estimate of drug-likeness (QED) is 0.480. The van der Waals surface area contributed by atoms with Gasteiger partial charge >= 0.3 is 0 Å². The minimum atomic E-state index is -0.123. The van der Waals surface area contributed by atoms with Crippen LogP contribution in [0.15, 0.2) is 0 Å². The van der Waals surface area contributed by atoms with Crippen LogP contribution in [0.3, 0.4) is 0 Å². The molecule has 0 atom stereocenters. The van der Waals surface area contributed by atoms with Crippen LogP contribution in [-0.2, 0) is 14.4 Å². The maximum absolute atomic E-state index is 11.1. The largest absolute Gasteiger partial charge is 0.381 e. The molecule has 1 amide bonds. The smallest absolute Gasteiger partial charge is 0.245 e. The molecule has 14 heavy (non-hydrogen) atoms. The number of rotatable bonds is 8. The summed E-state index contributed by atoms with van der Waals surface area (Å²) < 4.78 is 5.16. The average Bonchev–Trinajstić information content (AvgIpc) is 2.12. The summed E-state index contributed by atoms with van der Waals surface area (Å²) in [5.41, 5.74) is 2.37. The molecule has 0 spiro atoms. The van der Waals surface area contributed by atoms with E-state index >= 15 is 0 Å². The number of nitrogens with one attached hydrogen (secondary N) is 1. The predicted octanol–water partition coefficient (Wildman–Crippen LogP) is 1.51. The lowest BCUT2D eigenvalue weighted by atomic mass is 10.2. The fourth-order valence-electron chi connectivity index (χ4n) is 0.751. The Kier molecular flexibility index (Phi) is 8.57. The van der Waals surface area contributed by atoms with Gasteiger partial charge in [-0.2, -0.15) is 0 Å². The van der Waals surface area contributed by atoms with E-state index in [0.29, 0.717) is 32.2 Å². The Morgan fingerprint density at radius 1 is 1.36 bits per heavy atom. The summed E-state index contributed by atoms with van der Waals surface area (Å²) in [6.45, 7) is 7.80. The summed E-state index contributed by atoms with van der Waals surface area (Å²) in [5.74, 6) is 0.299. The first kappa shape index (κ1) is 13.4. The van der Waals surface area contributed by atoms with E-state index in [1.807, 2.05) is 20.8 Å². The van der Waals surface area contributed by atoms with Crippen molar-refractivity contribution < 1.29 is 14.4 Å². The minimum absolute atomic E-state index is 0.123. The van der Waals surface area contributed by atoms with Gasteiger partial charge in [0, 0.05) is 6.61 Å². The second-order valence-electron chi connectivity index (χ2n) is 3.59. The SMILES string of the molecule is CCCOCCC(=O)NOCC(C)C. The van der Waals surface area contributed by atoms with Gasteiger partial charge in [-0.25, -0.2) is 5.48 Å². The molecule has 0 aliphatic rings. The molecule has 0 saturated carbocycles. The van der Waals surface area contributed by atoms with Crippen molar-refractivity contribution in [1.29, 1.82) is 0 Å². The van der Waals surface area contributed by atoms with E-state index < -0.39 is 0 Å². The maximum atomic E-state index is 11.1. The summed E-state index contributed by atoms with van der Waals surface area (Å²) in [5, 5.41) is 0. The van der Waals surface area contributed by atoms with Crippen molar-refractivity contribution in [2.24, 2.45) is 5.92 Å². The molecule has 0 aliphatic heterocycles. The molecule has 4 nitrogen and oxygen atoms in total. The van der Waals surface area contributed by atoms with Gasteiger partial charge in [-0.05, 0) is 12.3 Å². The topological polar surface area (TPSA) is 47.6 Å². The second-order valence-corrected chi connectivity index (χ2v) is 3.59. The summed E-state index contributed by atoms with van der Waals surface area (Å²) in [6, 6.07) is 0. The Balaban J connectivity index is 3.20. The minimum Gasteiger partial charge on any atom is -0.381 e. The average molecular weight is 203 g/mol. The zero-order chi connectivity index (χ0) is 10.8. The first-order valence-corrected chi connectivity index (χ1v) is 5.15. The Hall–Kier alpha value is -0.610. The first-order valence-electron chi connectivity index (χ1n) is 5.15. The van der Waals surface area contributed by atoms with Crippen molar-refractivity contribution >= 4 is 5.91 Å². The molecule has 0 fully saturated rings. The number of carbonyl (C=O) groups excluding carboxylic acids is 1. The maximum Gasteiger partial charge on any atom is 0.245 e. The van der Waals surface area contributed by atoms with Gasteiger partial charge in [0.2, 0.25) is 5.91 Å². The van der Waals surface area contributed by atoms with E-state index in [1.54, 1.807) is 0 Å². The molecule has 0 aromatic heterocycles. The van der Waals surface area contributed by atoms with Gasteiger partial charge in [0.25, 0.3) is 0 Å². The Bertz CT molecular complexity index is 148. The van der Waals surface area contributed by atoms with Crippen LogP contribution in [0, 0.1) is 5.92 Å². The van der Waals surface area contributed by atoms with Gasteiger partial charge < -0.3 is 4.74 Å². The van der Waals surface area contributed by atoms with Crippen molar-refractivity contribution in [3.8, 4) is 0 Å². The lowest BCUT2D eigenvalue weighted by Gasteiger charge is -2.07. The third kappa shape index (κ3) is 9.48. The van der Waals surface area contributed by atoms with Crippen LogP contribution in [0.25, 0.3) is 0 Å². The van der Waals surface area contributed by atoms with Gasteiger partial charge in [-0.1, -0.05) is 20.8 Å². The van der Waals surface area contributed by atoms with Gasteiger partial charge in [0.1, 0.15) is 0 Å². The third-order valence-corrected chi connectivity index (χ3v) is 1.42. The summed E-state index contributed by atoms with van der Waals surface area (Å²) in [4.78, 5) is 16.0. The van der Waals surface area contributed by atoms with Crippen molar-refractivity contribution in [2.75, 3.05) is 19.8 Å². The molecule has 0 aromatic carbocycles. The van der Waals surface area contributed by atoms with Gasteiger partial charge in [-0.3, -0.25) is 9.63 Å². The second kappa shape index (κ2) is 8.97. The van der Waals surface area contributed by atoms with Crippen LogP contribution in [0.5, 0.6) is 0 Å². The molecule has 0 unspecified atom stereocenters. The van der Waals surface area contributed by atoms with Crippen LogP contribution in [0.2, 0.25) is 0 Å². The summed E-state index contributed by atoms with van der Waals surface area (Å²) in [6.07, 6.45) is 1.34. The highest BCUT2D eigenvalue weighted by atomic mass is 16.7. The standard InChI is InChI=1S/C10H21NO3/c1-4-6-13-7-5-10(12)11-14-8-9(2)3/h9H,4-8H2,1-3H3,(H,11,12). The number of amides is 1. The molecule has 0 saturated heterocycles. The van der Waals surface area contributed by atoms with E-state index in [9.17, 15) is 4.79 Å². The number of hydrogen-bond acceptors (Lipinski definition) is 3. The molecule has 0 aromatic rings. The fraction of sp³-hybridized carbons (Fsp3) is 0.900. The Morgan fingerprint density at radius 3 is 2.64 bits per heavy atom. The molecule has 4 heteroatoms.